The van der Waals surface area contributed by atoms with Gasteiger partial charge < -0.3 is 10.5 Å². The number of sulfone groups is 1. The van der Waals surface area contributed by atoms with Crippen molar-refractivity contribution in [2.45, 2.75) is 11.8 Å². The molecule has 0 atom stereocenters. The SMILES string of the molecule is COc1cc(C)c(Cl)cc1S(=O)(=O)CCN. The Balaban J connectivity index is 3.38. The Bertz CT molecular complexity index is 485. The molecule has 0 saturated carbocycles. The van der Waals surface area contributed by atoms with Gasteiger partial charge in [-0.1, -0.05) is 11.6 Å². The van der Waals surface area contributed by atoms with Crippen molar-refractivity contribution in [3.8, 4) is 5.75 Å². The molecule has 0 aliphatic rings. The van der Waals surface area contributed by atoms with Crippen LogP contribution in [0.25, 0.3) is 0 Å². The summed E-state index contributed by atoms with van der Waals surface area (Å²) >= 11 is 5.90. The van der Waals surface area contributed by atoms with Crippen LogP contribution in [0, 0.1) is 6.92 Å². The van der Waals surface area contributed by atoms with Gasteiger partial charge in [-0.15, -0.1) is 0 Å². The number of halogens is 1. The molecule has 0 spiro atoms. The van der Waals surface area contributed by atoms with Crippen LogP contribution in [0.1, 0.15) is 5.56 Å². The molecule has 1 aromatic rings. The molecule has 0 radical (unpaired) electrons. The predicted octanol–water partition coefficient (Wildman–Crippen LogP) is 1.39. The van der Waals surface area contributed by atoms with Crippen molar-refractivity contribution in [3.05, 3.63) is 22.7 Å². The number of benzene rings is 1. The second-order valence-corrected chi connectivity index (χ2v) is 5.84. The third kappa shape index (κ3) is 2.66. The number of ether oxygens (including phenoxy) is 1. The van der Waals surface area contributed by atoms with E-state index in [1.807, 2.05) is 0 Å². The van der Waals surface area contributed by atoms with E-state index in [9.17, 15) is 8.42 Å². The Morgan fingerprint density at radius 3 is 2.56 bits per heavy atom. The van der Waals surface area contributed by atoms with Crippen molar-refractivity contribution in [2.75, 3.05) is 19.4 Å². The summed E-state index contributed by atoms with van der Waals surface area (Å²) in [6.45, 7) is 1.85. The normalized spacial score (nSPS) is 11.5. The Hall–Kier alpha value is -0.780. The summed E-state index contributed by atoms with van der Waals surface area (Å²) in [5.41, 5.74) is 6.03. The Morgan fingerprint density at radius 1 is 1.44 bits per heavy atom. The highest BCUT2D eigenvalue weighted by molar-refractivity contribution is 7.91. The minimum Gasteiger partial charge on any atom is -0.495 e. The molecule has 0 heterocycles. The minimum absolute atomic E-state index is 0.0665. The Kier molecular flexibility index (Phi) is 4.18. The summed E-state index contributed by atoms with van der Waals surface area (Å²) < 4.78 is 28.7. The molecular weight excluding hydrogens is 250 g/mol. The van der Waals surface area contributed by atoms with Crippen LogP contribution in [0.4, 0.5) is 0 Å². The quantitative estimate of drug-likeness (QED) is 0.891. The average Bonchev–Trinajstić information content (AvgIpc) is 2.21. The fraction of sp³-hybridized carbons (Fsp3) is 0.400. The molecule has 0 fully saturated rings. The lowest BCUT2D eigenvalue weighted by Gasteiger charge is -2.11. The first-order valence-electron chi connectivity index (χ1n) is 4.69. The molecule has 0 aliphatic carbocycles. The summed E-state index contributed by atoms with van der Waals surface area (Å²) in [6, 6.07) is 3.01. The van der Waals surface area contributed by atoms with Gasteiger partial charge in [0.1, 0.15) is 10.6 Å². The van der Waals surface area contributed by atoms with Crippen molar-refractivity contribution in [2.24, 2.45) is 5.73 Å². The van der Waals surface area contributed by atoms with E-state index >= 15 is 0 Å². The van der Waals surface area contributed by atoms with Crippen LogP contribution in [-0.2, 0) is 9.84 Å². The highest BCUT2D eigenvalue weighted by Gasteiger charge is 2.20. The fourth-order valence-electron chi connectivity index (χ4n) is 1.30. The van der Waals surface area contributed by atoms with Crippen LogP contribution in [0.5, 0.6) is 5.75 Å². The number of nitrogens with two attached hydrogens (primary N) is 1. The fourth-order valence-corrected chi connectivity index (χ4v) is 2.81. The monoisotopic (exact) mass is 263 g/mol. The summed E-state index contributed by atoms with van der Waals surface area (Å²) in [6.07, 6.45) is 0. The van der Waals surface area contributed by atoms with Gasteiger partial charge in [0.25, 0.3) is 0 Å². The smallest absolute Gasteiger partial charge is 0.183 e. The van der Waals surface area contributed by atoms with Crippen molar-refractivity contribution < 1.29 is 13.2 Å². The maximum absolute atomic E-state index is 11.9. The Labute approximate surface area is 100 Å². The van der Waals surface area contributed by atoms with Crippen molar-refractivity contribution in [1.82, 2.24) is 0 Å². The molecule has 0 amide bonds. The highest BCUT2D eigenvalue weighted by Crippen LogP contribution is 2.30. The molecule has 6 heteroatoms. The number of aryl methyl sites for hydroxylation is 1. The van der Waals surface area contributed by atoms with Crippen LogP contribution in [0.2, 0.25) is 5.02 Å². The van der Waals surface area contributed by atoms with E-state index in [-0.39, 0.29) is 17.2 Å². The maximum Gasteiger partial charge on any atom is 0.183 e. The van der Waals surface area contributed by atoms with Gasteiger partial charge in [0.2, 0.25) is 0 Å². The van der Waals surface area contributed by atoms with Crippen LogP contribution in [-0.4, -0.2) is 27.8 Å². The summed E-state index contributed by atoms with van der Waals surface area (Å²) in [4.78, 5) is 0.0936. The highest BCUT2D eigenvalue weighted by atomic mass is 35.5. The molecular formula is C10H14ClNO3S. The molecule has 0 aliphatic heterocycles. The van der Waals surface area contributed by atoms with E-state index in [4.69, 9.17) is 22.1 Å². The second-order valence-electron chi connectivity index (χ2n) is 3.36. The standard InChI is InChI=1S/C10H14ClNO3S/c1-7-5-9(15-2)10(6-8(7)11)16(13,14)4-3-12/h5-6H,3-4,12H2,1-2H3. The third-order valence-corrected chi connectivity index (χ3v) is 4.34. The zero-order valence-corrected chi connectivity index (χ0v) is 10.7. The second kappa shape index (κ2) is 5.03. The van der Waals surface area contributed by atoms with Crippen LogP contribution in [0.3, 0.4) is 0 Å². The largest absolute Gasteiger partial charge is 0.495 e. The van der Waals surface area contributed by atoms with E-state index in [1.54, 1.807) is 13.0 Å². The van der Waals surface area contributed by atoms with Crippen LogP contribution >= 0.6 is 11.6 Å². The first-order valence-corrected chi connectivity index (χ1v) is 6.72. The number of hydrogen-bond donors (Lipinski definition) is 1. The molecule has 0 aromatic heterocycles. The van der Waals surface area contributed by atoms with Gasteiger partial charge >= 0.3 is 0 Å². The first kappa shape index (κ1) is 13.3. The molecule has 0 unspecified atom stereocenters. The number of hydrogen-bond acceptors (Lipinski definition) is 4. The van der Waals surface area contributed by atoms with Crippen molar-refractivity contribution >= 4 is 21.4 Å². The number of rotatable bonds is 4. The number of methoxy groups -OCH3 is 1. The van der Waals surface area contributed by atoms with Crippen LogP contribution in [0.15, 0.2) is 17.0 Å². The lowest BCUT2D eigenvalue weighted by atomic mass is 10.2. The van der Waals surface area contributed by atoms with Gasteiger partial charge in [-0.3, -0.25) is 0 Å². The minimum atomic E-state index is -3.43. The Morgan fingerprint density at radius 2 is 2.06 bits per heavy atom. The zero-order valence-electron chi connectivity index (χ0n) is 9.16. The van der Waals surface area contributed by atoms with Crippen molar-refractivity contribution in [3.63, 3.8) is 0 Å². The van der Waals surface area contributed by atoms with Gasteiger partial charge in [-0.2, -0.15) is 0 Å². The molecule has 90 valence electrons. The van der Waals surface area contributed by atoms with Gasteiger partial charge in [-0.05, 0) is 24.6 Å². The molecule has 1 aromatic carbocycles. The third-order valence-electron chi connectivity index (χ3n) is 2.17. The molecule has 0 bridgehead atoms. The van der Waals surface area contributed by atoms with E-state index < -0.39 is 9.84 Å². The van der Waals surface area contributed by atoms with E-state index in [0.29, 0.717) is 10.8 Å². The first-order chi connectivity index (χ1) is 7.42. The summed E-state index contributed by atoms with van der Waals surface area (Å²) in [7, 11) is -2.01. The lowest BCUT2D eigenvalue weighted by Crippen LogP contribution is -2.16. The predicted molar refractivity (Wildman–Crippen MR) is 63.8 cm³/mol. The zero-order chi connectivity index (χ0) is 12.3. The average molecular weight is 264 g/mol. The van der Waals surface area contributed by atoms with E-state index in [0.717, 1.165) is 5.56 Å². The lowest BCUT2D eigenvalue weighted by molar-refractivity contribution is 0.402. The topological polar surface area (TPSA) is 69.4 Å². The van der Waals surface area contributed by atoms with E-state index in [2.05, 4.69) is 0 Å². The van der Waals surface area contributed by atoms with Gasteiger partial charge in [0, 0.05) is 11.6 Å². The summed E-state index contributed by atoms with van der Waals surface area (Å²) in [5, 5.41) is 0.399. The molecule has 4 nitrogen and oxygen atoms in total. The van der Waals surface area contributed by atoms with Gasteiger partial charge in [0.15, 0.2) is 9.84 Å². The molecule has 1 rings (SSSR count). The van der Waals surface area contributed by atoms with Gasteiger partial charge in [-0.25, -0.2) is 8.42 Å². The van der Waals surface area contributed by atoms with E-state index in [1.165, 1.54) is 13.2 Å². The van der Waals surface area contributed by atoms with Crippen molar-refractivity contribution in [1.29, 1.82) is 0 Å². The van der Waals surface area contributed by atoms with Crippen LogP contribution < -0.4 is 10.5 Å². The molecule has 16 heavy (non-hydrogen) atoms. The molecule has 2 N–H and O–H groups in total. The van der Waals surface area contributed by atoms with Gasteiger partial charge in [0.05, 0.1) is 12.9 Å². The maximum atomic E-state index is 11.9. The summed E-state index contributed by atoms with van der Waals surface area (Å²) in [5.74, 6) is 0.179. The molecule has 0 saturated heterocycles.